The highest BCUT2D eigenvalue weighted by molar-refractivity contribution is 5.75. The summed E-state index contributed by atoms with van der Waals surface area (Å²) in [4.78, 5) is 19.7. The molecule has 0 unspecified atom stereocenters. The van der Waals surface area contributed by atoms with E-state index in [1.54, 1.807) is 0 Å². The molecule has 2 aromatic carbocycles. The molecule has 0 bridgehead atoms. The second kappa shape index (κ2) is 6.05. The van der Waals surface area contributed by atoms with Crippen LogP contribution in [0.2, 0.25) is 0 Å². The Morgan fingerprint density at radius 1 is 0.611 bits per heavy atom. The van der Waals surface area contributed by atoms with Crippen LogP contribution in [-0.2, 0) is 9.78 Å². The molecule has 0 saturated carbocycles. The fourth-order valence-corrected chi connectivity index (χ4v) is 1.70. The van der Waals surface area contributed by atoms with Crippen molar-refractivity contribution >= 4 is 0 Å². The van der Waals surface area contributed by atoms with Crippen LogP contribution in [0.15, 0.2) is 48.5 Å². The molecule has 0 spiro atoms. The lowest BCUT2D eigenvalue weighted by molar-refractivity contribution is -0.179. The molecule has 18 heavy (non-hydrogen) atoms. The lowest BCUT2D eigenvalue weighted by Crippen LogP contribution is -1.96. The van der Waals surface area contributed by atoms with Crippen molar-refractivity contribution in [3.05, 3.63) is 48.5 Å². The first-order chi connectivity index (χ1) is 8.86. The normalized spacial score (nSPS) is 10.1. The van der Waals surface area contributed by atoms with Gasteiger partial charge in [-0.05, 0) is 12.1 Å². The van der Waals surface area contributed by atoms with E-state index in [4.69, 9.17) is 19.6 Å². The lowest BCUT2D eigenvalue weighted by atomic mass is 10.0. The Labute approximate surface area is 106 Å². The van der Waals surface area contributed by atoms with Crippen LogP contribution in [0, 0.1) is 0 Å². The van der Waals surface area contributed by atoms with Crippen molar-refractivity contribution in [1.29, 1.82) is 0 Å². The van der Waals surface area contributed by atoms with Crippen LogP contribution in [0.1, 0.15) is 0 Å². The third-order valence-corrected chi connectivity index (χ3v) is 2.41. The summed E-state index contributed by atoms with van der Waals surface area (Å²) in [6.07, 6.45) is 0. The standard InChI is InChI=1S/C14H14O4/c1-15-17-13-9-5-3-7-11(13)12-8-4-6-10-14(12)18-16-2/h3-10H,1-2H3. The summed E-state index contributed by atoms with van der Waals surface area (Å²) in [5, 5.41) is 0. The van der Waals surface area contributed by atoms with Crippen molar-refractivity contribution in [2.75, 3.05) is 14.2 Å². The average molecular weight is 246 g/mol. The Morgan fingerprint density at radius 2 is 1.00 bits per heavy atom. The van der Waals surface area contributed by atoms with Crippen LogP contribution in [0.3, 0.4) is 0 Å². The number of para-hydroxylation sites is 2. The molecule has 4 heteroatoms. The molecular formula is C14H14O4. The van der Waals surface area contributed by atoms with E-state index in [9.17, 15) is 0 Å². The highest BCUT2D eigenvalue weighted by atomic mass is 17.2. The van der Waals surface area contributed by atoms with Crippen molar-refractivity contribution in [3.63, 3.8) is 0 Å². The molecule has 0 atom stereocenters. The fraction of sp³-hybridized carbons (Fsp3) is 0.143. The maximum atomic E-state index is 5.13. The highest BCUT2D eigenvalue weighted by Crippen LogP contribution is 2.36. The van der Waals surface area contributed by atoms with Gasteiger partial charge in [-0.2, -0.15) is 9.78 Å². The van der Waals surface area contributed by atoms with E-state index < -0.39 is 0 Å². The highest BCUT2D eigenvalue weighted by Gasteiger charge is 2.11. The minimum absolute atomic E-state index is 0.618. The minimum Gasteiger partial charge on any atom is -0.337 e. The van der Waals surface area contributed by atoms with Gasteiger partial charge in [0.2, 0.25) is 0 Å². The van der Waals surface area contributed by atoms with Gasteiger partial charge in [-0.25, -0.2) is 0 Å². The van der Waals surface area contributed by atoms with Crippen LogP contribution < -0.4 is 9.78 Å². The topological polar surface area (TPSA) is 36.9 Å². The van der Waals surface area contributed by atoms with E-state index in [1.807, 2.05) is 48.5 Å². The summed E-state index contributed by atoms with van der Waals surface area (Å²) in [5.74, 6) is 1.24. The van der Waals surface area contributed by atoms with E-state index >= 15 is 0 Å². The van der Waals surface area contributed by atoms with Gasteiger partial charge in [0.1, 0.15) is 0 Å². The zero-order valence-corrected chi connectivity index (χ0v) is 10.3. The van der Waals surface area contributed by atoms with E-state index in [0.29, 0.717) is 11.5 Å². The minimum atomic E-state index is 0.618. The van der Waals surface area contributed by atoms with Crippen LogP contribution in [0.25, 0.3) is 11.1 Å². The second-order valence-electron chi connectivity index (χ2n) is 3.49. The molecule has 2 rings (SSSR count). The van der Waals surface area contributed by atoms with Gasteiger partial charge >= 0.3 is 0 Å². The first-order valence-corrected chi connectivity index (χ1v) is 5.46. The summed E-state index contributed by atoms with van der Waals surface area (Å²) >= 11 is 0. The van der Waals surface area contributed by atoms with E-state index in [-0.39, 0.29) is 0 Å². The van der Waals surface area contributed by atoms with Gasteiger partial charge in [0, 0.05) is 11.1 Å². The van der Waals surface area contributed by atoms with E-state index in [2.05, 4.69) is 0 Å². The SMILES string of the molecule is COOc1ccccc1-c1ccccc1OOC. The molecule has 4 nitrogen and oxygen atoms in total. The molecule has 0 aliphatic heterocycles. The third kappa shape index (κ3) is 2.61. The molecule has 0 aliphatic carbocycles. The molecule has 0 amide bonds. The monoisotopic (exact) mass is 246 g/mol. The van der Waals surface area contributed by atoms with Gasteiger partial charge in [0.05, 0.1) is 14.2 Å². The summed E-state index contributed by atoms with van der Waals surface area (Å²) in [7, 11) is 2.93. The maximum absolute atomic E-state index is 5.13. The maximum Gasteiger partial charge on any atom is 0.173 e. The summed E-state index contributed by atoms with van der Waals surface area (Å²) in [6.45, 7) is 0. The molecule has 0 heterocycles. The van der Waals surface area contributed by atoms with Gasteiger partial charge in [-0.3, -0.25) is 0 Å². The summed E-state index contributed by atoms with van der Waals surface area (Å²) in [5.41, 5.74) is 1.74. The number of hydrogen-bond donors (Lipinski definition) is 0. The van der Waals surface area contributed by atoms with Crippen molar-refractivity contribution in [3.8, 4) is 22.6 Å². The molecule has 0 N–H and O–H groups in total. The predicted octanol–water partition coefficient (Wildman–Crippen LogP) is 3.23. The van der Waals surface area contributed by atoms with Crippen molar-refractivity contribution in [2.24, 2.45) is 0 Å². The van der Waals surface area contributed by atoms with Crippen molar-refractivity contribution < 1.29 is 19.6 Å². The van der Waals surface area contributed by atoms with Crippen LogP contribution in [-0.4, -0.2) is 14.2 Å². The van der Waals surface area contributed by atoms with Crippen LogP contribution in [0.5, 0.6) is 11.5 Å². The molecule has 2 aromatic rings. The van der Waals surface area contributed by atoms with Crippen LogP contribution in [0.4, 0.5) is 0 Å². The Kier molecular flexibility index (Phi) is 4.17. The quantitative estimate of drug-likeness (QED) is 0.599. The Bertz CT molecular complexity index is 463. The average Bonchev–Trinajstić information content (AvgIpc) is 2.41. The van der Waals surface area contributed by atoms with Crippen molar-refractivity contribution in [1.82, 2.24) is 0 Å². The molecule has 0 aromatic heterocycles. The zero-order valence-electron chi connectivity index (χ0n) is 10.3. The number of rotatable bonds is 5. The summed E-state index contributed by atoms with van der Waals surface area (Å²) in [6, 6.07) is 15.1. The first-order valence-electron chi connectivity index (χ1n) is 5.46. The van der Waals surface area contributed by atoms with Crippen LogP contribution >= 0.6 is 0 Å². The van der Waals surface area contributed by atoms with Gasteiger partial charge in [0.25, 0.3) is 0 Å². The van der Waals surface area contributed by atoms with Gasteiger partial charge in [-0.15, -0.1) is 0 Å². The van der Waals surface area contributed by atoms with Crippen molar-refractivity contribution in [2.45, 2.75) is 0 Å². The van der Waals surface area contributed by atoms with E-state index in [1.165, 1.54) is 14.2 Å². The molecule has 0 saturated heterocycles. The van der Waals surface area contributed by atoms with Gasteiger partial charge < -0.3 is 9.78 Å². The summed E-state index contributed by atoms with van der Waals surface area (Å²) < 4.78 is 0. The molecular weight excluding hydrogens is 232 g/mol. The molecule has 0 aliphatic rings. The van der Waals surface area contributed by atoms with E-state index in [0.717, 1.165) is 11.1 Å². The van der Waals surface area contributed by atoms with Gasteiger partial charge in [-0.1, -0.05) is 36.4 Å². The largest absolute Gasteiger partial charge is 0.337 e. The second-order valence-corrected chi connectivity index (χ2v) is 3.49. The molecule has 0 fully saturated rings. The Hall–Kier alpha value is -2.04. The Balaban J connectivity index is 2.47. The predicted molar refractivity (Wildman–Crippen MR) is 67.2 cm³/mol. The molecule has 94 valence electrons. The number of hydrogen-bond acceptors (Lipinski definition) is 4. The third-order valence-electron chi connectivity index (χ3n) is 2.41. The van der Waals surface area contributed by atoms with Gasteiger partial charge in [0.15, 0.2) is 11.5 Å². The Morgan fingerprint density at radius 3 is 1.39 bits per heavy atom. The number of benzene rings is 2. The molecule has 0 radical (unpaired) electrons. The smallest absolute Gasteiger partial charge is 0.173 e. The zero-order chi connectivity index (χ0) is 12.8. The lowest BCUT2D eigenvalue weighted by Gasteiger charge is -2.11. The first kappa shape index (κ1) is 12.4. The fourth-order valence-electron chi connectivity index (χ4n) is 1.70.